The van der Waals surface area contributed by atoms with Gasteiger partial charge in [0.25, 0.3) is 11.8 Å². The summed E-state index contributed by atoms with van der Waals surface area (Å²) >= 11 is 0. The van der Waals surface area contributed by atoms with Gasteiger partial charge < -0.3 is 5.32 Å². The van der Waals surface area contributed by atoms with Crippen molar-refractivity contribution < 1.29 is 14.8 Å². The molecule has 2 amide bonds. The molecule has 3 rings (SSSR count). The number of hydrogen-bond acceptors (Lipinski definition) is 4. The Bertz CT molecular complexity index is 838. The lowest BCUT2D eigenvalue weighted by Gasteiger charge is -2.09. The van der Waals surface area contributed by atoms with Crippen LogP contribution < -0.4 is 10.8 Å². The third-order valence-corrected chi connectivity index (χ3v) is 3.91. The molecule has 1 aromatic heterocycles. The zero-order chi connectivity index (χ0) is 18.4. The van der Waals surface area contributed by atoms with Gasteiger partial charge in [0.2, 0.25) is 0 Å². The number of nitrogens with one attached hydrogen (secondary N) is 2. The van der Waals surface area contributed by atoms with Crippen LogP contribution in [0.5, 0.6) is 0 Å². The van der Waals surface area contributed by atoms with Crippen molar-refractivity contribution in [2.75, 3.05) is 0 Å². The van der Waals surface area contributed by atoms with Crippen LogP contribution in [0.25, 0.3) is 17.7 Å². The Balaban J connectivity index is 1.83. The van der Waals surface area contributed by atoms with Crippen LogP contribution >= 0.6 is 0 Å². The number of nitrogens with zero attached hydrogens (tertiary/aromatic N) is 1. The third kappa shape index (κ3) is 4.87. The molecular formula is C20H19N3O3. The standard InChI is InChI=1S/C20H19N3O3/c24-19(23-26)10-7-14-3-5-15(6-4-14)12-18(16-2-1-11-21-13-16)20(25)22-17-8-9-17/h1-7,10-13,17,26H,8-9H2,(H,22,25)(H,23,24)/b10-7+,18-12+. The Morgan fingerprint density at radius 2 is 1.85 bits per heavy atom. The summed E-state index contributed by atoms with van der Waals surface area (Å²) in [5.41, 5.74) is 4.52. The van der Waals surface area contributed by atoms with E-state index in [0.717, 1.165) is 29.5 Å². The topological polar surface area (TPSA) is 91.3 Å². The SMILES string of the molecule is O=C(/C=C/c1ccc(/C=C(/C(=O)NC2CC2)c2cccnc2)cc1)NO. The maximum absolute atomic E-state index is 12.6. The zero-order valence-corrected chi connectivity index (χ0v) is 14.1. The molecule has 0 atom stereocenters. The zero-order valence-electron chi connectivity index (χ0n) is 14.1. The molecular weight excluding hydrogens is 330 g/mol. The van der Waals surface area contributed by atoms with E-state index in [2.05, 4.69) is 10.3 Å². The molecule has 0 spiro atoms. The highest BCUT2D eigenvalue weighted by atomic mass is 16.5. The number of hydrogen-bond donors (Lipinski definition) is 3. The molecule has 0 radical (unpaired) electrons. The van der Waals surface area contributed by atoms with Gasteiger partial charge in [-0.25, -0.2) is 5.48 Å². The Labute approximate surface area is 151 Å². The van der Waals surface area contributed by atoms with Crippen molar-refractivity contribution in [3.8, 4) is 0 Å². The molecule has 1 heterocycles. The highest BCUT2D eigenvalue weighted by Crippen LogP contribution is 2.23. The third-order valence-electron chi connectivity index (χ3n) is 3.91. The van der Waals surface area contributed by atoms with E-state index in [1.54, 1.807) is 24.5 Å². The minimum absolute atomic E-state index is 0.107. The number of rotatable bonds is 6. The van der Waals surface area contributed by atoms with Gasteiger partial charge in [-0.05, 0) is 42.2 Å². The quantitative estimate of drug-likeness (QED) is 0.424. The van der Waals surface area contributed by atoms with Crippen LogP contribution in [0.4, 0.5) is 0 Å². The number of carbonyl (C=O) groups excluding carboxylic acids is 2. The maximum atomic E-state index is 12.6. The van der Waals surface area contributed by atoms with Gasteiger partial charge in [0.15, 0.2) is 0 Å². The molecule has 6 heteroatoms. The summed E-state index contributed by atoms with van der Waals surface area (Å²) in [4.78, 5) is 27.7. The maximum Gasteiger partial charge on any atom is 0.267 e. The van der Waals surface area contributed by atoms with Crippen molar-refractivity contribution in [2.45, 2.75) is 18.9 Å². The van der Waals surface area contributed by atoms with Crippen LogP contribution in [-0.2, 0) is 9.59 Å². The average Bonchev–Trinajstić information content (AvgIpc) is 3.49. The van der Waals surface area contributed by atoms with Crippen molar-refractivity contribution >= 4 is 29.5 Å². The molecule has 2 aromatic rings. The normalized spacial score (nSPS) is 14.3. The number of amides is 2. The lowest BCUT2D eigenvalue weighted by molar-refractivity contribution is -0.124. The summed E-state index contributed by atoms with van der Waals surface area (Å²) in [5.74, 6) is -0.700. The van der Waals surface area contributed by atoms with Gasteiger partial charge in [0.05, 0.1) is 0 Å². The molecule has 1 aliphatic rings. The molecule has 6 nitrogen and oxygen atoms in total. The molecule has 1 fully saturated rings. The van der Waals surface area contributed by atoms with E-state index in [9.17, 15) is 9.59 Å². The second kappa shape index (κ2) is 8.22. The summed E-state index contributed by atoms with van der Waals surface area (Å²) in [7, 11) is 0. The van der Waals surface area contributed by atoms with E-state index in [0.29, 0.717) is 5.57 Å². The highest BCUT2D eigenvalue weighted by molar-refractivity contribution is 6.24. The van der Waals surface area contributed by atoms with Gasteiger partial charge in [-0.3, -0.25) is 19.8 Å². The molecule has 0 saturated heterocycles. The van der Waals surface area contributed by atoms with Gasteiger partial charge in [-0.1, -0.05) is 30.3 Å². The lowest BCUT2D eigenvalue weighted by Crippen LogP contribution is -2.26. The first-order valence-electron chi connectivity index (χ1n) is 8.31. The van der Waals surface area contributed by atoms with Crippen LogP contribution in [0.15, 0.2) is 54.9 Å². The van der Waals surface area contributed by atoms with Crippen LogP contribution in [-0.4, -0.2) is 28.0 Å². The molecule has 26 heavy (non-hydrogen) atoms. The molecule has 1 aliphatic carbocycles. The number of hydroxylamine groups is 1. The van der Waals surface area contributed by atoms with Crippen molar-refractivity contribution in [1.82, 2.24) is 15.8 Å². The van der Waals surface area contributed by atoms with Gasteiger partial charge >= 0.3 is 0 Å². The highest BCUT2D eigenvalue weighted by Gasteiger charge is 2.25. The second-order valence-electron chi connectivity index (χ2n) is 6.02. The van der Waals surface area contributed by atoms with Crippen molar-refractivity contribution in [2.24, 2.45) is 0 Å². The Hall–Kier alpha value is -3.25. The minimum Gasteiger partial charge on any atom is -0.349 e. The largest absolute Gasteiger partial charge is 0.349 e. The summed E-state index contributed by atoms with van der Waals surface area (Å²) in [6.45, 7) is 0. The molecule has 0 unspecified atom stereocenters. The van der Waals surface area contributed by atoms with Gasteiger partial charge in [0, 0.05) is 35.6 Å². The Morgan fingerprint density at radius 1 is 1.12 bits per heavy atom. The van der Waals surface area contributed by atoms with Crippen molar-refractivity contribution in [1.29, 1.82) is 0 Å². The van der Waals surface area contributed by atoms with Crippen LogP contribution in [0, 0.1) is 0 Å². The smallest absolute Gasteiger partial charge is 0.267 e. The van der Waals surface area contributed by atoms with E-state index in [-0.39, 0.29) is 11.9 Å². The molecule has 0 bridgehead atoms. The van der Waals surface area contributed by atoms with Gasteiger partial charge in [0.1, 0.15) is 0 Å². The molecule has 132 valence electrons. The van der Waals surface area contributed by atoms with Gasteiger partial charge in [-0.2, -0.15) is 0 Å². The fourth-order valence-electron chi connectivity index (χ4n) is 2.37. The monoisotopic (exact) mass is 349 g/mol. The minimum atomic E-state index is -0.593. The summed E-state index contributed by atoms with van der Waals surface area (Å²) in [6.07, 6.45) is 10.0. The first-order valence-corrected chi connectivity index (χ1v) is 8.31. The van der Waals surface area contributed by atoms with E-state index in [1.807, 2.05) is 36.4 Å². The van der Waals surface area contributed by atoms with E-state index < -0.39 is 5.91 Å². The summed E-state index contributed by atoms with van der Waals surface area (Å²) in [6, 6.07) is 11.3. The number of benzene rings is 1. The fraction of sp³-hybridized carbons (Fsp3) is 0.150. The number of pyridine rings is 1. The Kier molecular flexibility index (Phi) is 5.56. The number of carbonyl (C=O) groups is 2. The summed E-state index contributed by atoms with van der Waals surface area (Å²) in [5, 5.41) is 11.5. The molecule has 1 aromatic carbocycles. The first kappa shape index (κ1) is 17.6. The predicted molar refractivity (Wildman–Crippen MR) is 98.7 cm³/mol. The molecule has 1 saturated carbocycles. The lowest BCUT2D eigenvalue weighted by atomic mass is 10.0. The van der Waals surface area contributed by atoms with Gasteiger partial charge in [-0.15, -0.1) is 0 Å². The summed E-state index contributed by atoms with van der Waals surface area (Å²) < 4.78 is 0. The molecule has 0 aliphatic heterocycles. The average molecular weight is 349 g/mol. The molecule has 3 N–H and O–H groups in total. The van der Waals surface area contributed by atoms with E-state index in [1.165, 1.54) is 11.6 Å². The number of aromatic nitrogens is 1. The van der Waals surface area contributed by atoms with Crippen LogP contribution in [0.2, 0.25) is 0 Å². The van der Waals surface area contributed by atoms with Crippen molar-refractivity contribution in [3.05, 3.63) is 71.6 Å². The van der Waals surface area contributed by atoms with Crippen LogP contribution in [0.3, 0.4) is 0 Å². The van der Waals surface area contributed by atoms with E-state index in [4.69, 9.17) is 5.21 Å². The van der Waals surface area contributed by atoms with Crippen molar-refractivity contribution in [3.63, 3.8) is 0 Å². The first-order chi connectivity index (χ1) is 12.7. The fourth-order valence-corrected chi connectivity index (χ4v) is 2.37. The Morgan fingerprint density at radius 3 is 2.46 bits per heavy atom. The van der Waals surface area contributed by atoms with Crippen LogP contribution in [0.1, 0.15) is 29.5 Å². The predicted octanol–water partition coefficient (Wildman–Crippen LogP) is 2.42. The van der Waals surface area contributed by atoms with E-state index >= 15 is 0 Å². The second-order valence-corrected chi connectivity index (χ2v) is 6.02.